The summed E-state index contributed by atoms with van der Waals surface area (Å²) in [5, 5.41) is 1.63. The molecule has 1 aliphatic rings. The summed E-state index contributed by atoms with van der Waals surface area (Å²) < 4.78 is 0. The molecule has 0 aromatic heterocycles. The molecule has 0 unspecified atom stereocenters. The van der Waals surface area contributed by atoms with E-state index in [2.05, 4.69) is 0 Å². The van der Waals surface area contributed by atoms with Crippen molar-refractivity contribution in [2.75, 3.05) is 0 Å². The minimum absolute atomic E-state index is 0.00406. The lowest BCUT2D eigenvalue weighted by Gasteiger charge is -2.21. The van der Waals surface area contributed by atoms with Crippen molar-refractivity contribution in [3.05, 3.63) is 166 Å². The number of carbonyl (C=O) groups excluding carboxylic acids is 2. The van der Waals surface area contributed by atoms with Gasteiger partial charge in [0.15, 0.2) is 11.6 Å². The summed E-state index contributed by atoms with van der Waals surface area (Å²) in [6.45, 7) is 1.95. The summed E-state index contributed by atoms with van der Waals surface area (Å²) in [6, 6.07) is 40.5. The summed E-state index contributed by atoms with van der Waals surface area (Å²) in [6.07, 6.45) is 0.667. The first kappa shape index (κ1) is 23.2. The first-order valence-corrected chi connectivity index (χ1v) is 12.1. The second kappa shape index (κ2) is 10.4. The van der Waals surface area contributed by atoms with Crippen LogP contribution in [0.15, 0.2) is 127 Å². The number of carbonyl (C=O) groups is 2. The lowest BCUT2D eigenvalue weighted by molar-refractivity contribution is 0.102. The number of benzene rings is 2. The predicted molar refractivity (Wildman–Crippen MR) is 146 cm³/mol. The third kappa shape index (κ3) is 4.54. The van der Waals surface area contributed by atoms with Crippen LogP contribution < -0.4 is 0 Å². The zero-order valence-electron chi connectivity index (χ0n) is 20.1. The van der Waals surface area contributed by atoms with E-state index in [0.717, 1.165) is 27.5 Å². The highest BCUT2D eigenvalue weighted by atomic mass is 16.1. The Bertz CT molecular complexity index is 1570. The fourth-order valence-electron chi connectivity index (χ4n) is 4.76. The predicted octanol–water partition coefficient (Wildman–Crippen LogP) is 7.76. The Kier molecular flexibility index (Phi) is 6.68. The highest BCUT2D eigenvalue weighted by Crippen LogP contribution is 2.34. The van der Waals surface area contributed by atoms with Gasteiger partial charge in [0.05, 0.1) is 0 Å². The molecule has 0 saturated heterocycles. The Morgan fingerprint density at radius 3 is 1.81 bits per heavy atom. The summed E-state index contributed by atoms with van der Waals surface area (Å²) in [4.78, 5) is 27.6. The molecule has 0 aliphatic heterocycles. The molecule has 2 nitrogen and oxygen atoms in total. The number of rotatable bonds is 2. The van der Waals surface area contributed by atoms with Crippen molar-refractivity contribution in [1.82, 2.24) is 0 Å². The Morgan fingerprint density at radius 1 is 0.583 bits per heavy atom. The molecule has 0 N–H and O–H groups in total. The third-order valence-corrected chi connectivity index (χ3v) is 6.52. The number of aryl methyl sites for hydroxylation is 1. The lowest BCUT2D eigenvalue weighted by Crippen LogP contribution is -2.15. The van der Waals surface area contributed by atoms with Crippen molar-refractivity contribution in [3.63, 3.8) is 0 Å². The maximum Gasteiger partial charge on any atom is 0.194 e. The molecule has 0 saturated carbocycles. The van der Waals surface area contributed by atoms with Crippen LogP contribution in [-0.4, -0.2) is 11.6 Å². The number of hydrogen-bond acceptors (Lipinski definition) is 2. The van der Waals surface area contributed by atoms with E-state index in [4.69, 9.17) is 0 Å². The van der Waals surface area contributed by atoms with Gasteiger partial charge in [-0.2, -0.15) is 0 Å². The molecule has 0 fully saturated rings. The lowest BCUT2D eigenvalue weighted by atomic mass is 9.81. The van der Waals surface area contributed by atoms with Crippen LogP contribution in [0.5, 0.6) is 0 Å². The van der Waals surface area contributed by atoms with Gasteiger partial charge in [-0.05, 0) is 40.8 Å². The molecule has 2 heteroatoms. The van der Waals surface area contributed by atoms with Crippen molar-refractivity contribution >= 4 is 22.3 Å². The van der Waals surface area contributed by atoms with Gasteiger partial charge in [0.2, 0.25) is 0 Å². The minimum Gasteiger partial charge on any atom is -0.289 e. The molecule has 4 aromatic rings. The van der Waals surface area contributed by atoms with E-state index in [0.29, 0.717) is 28.7 Å². The van der Waals surface area contributed by atoms with Crippen LogP contribution in [0.1, 0.15) is 48.5 Å². The summed E-state index contributed by atoms with van der Waals surface area (Å²) >= 11 is 0. The summed E-state index contributed by atoms with van der Waals surface area (Å²) in [5.41, 5.74) is 5.49. The molecular weight excluding hydrogens is 440 g/mol. The van der Waals surface area contributed by atoms with E-state index in [9.17, 15) is 9.59 Å². The topological polar surface area (TPSA) is 34.1 Å². The van der Waals surface area contributed by atoms with Crippen LogP contribution in [-0.2, 0) is 6.42 Å². The van der Waals surface area contributed by atoms with Crippen molar-refractivity contribution in [2.45, 2.75) is 13.3 Å². The second-order valence-electron chi connectivity index (χ2n) is 8.85. The fourth-order valence-corrected chi connectivity index (χ4v) is 4.76. The number of ketones is 2. The van der Waals surface area contributed by atoms with Gasteiger partial charge < -0.3 is 0 Å². The van der Waals surface area contributed by atoms with Gasteiger partial charge in [0.1, 0.15) is 0 Å². The molecular formula is C34H26O2. The molecule has 1 aliphatic carbocycles. The molecule has 0 spiro atoms. The maximum absolute atomic E-state index is 13.8. The Hall–Kier alpha value is -4.56. The molecule has 0 amide bonds. The fraction of sp³-hybridized carbons (Fsp3) is 0.0588. The first-order chi connectivity index (χ1) is 17.6. The average Bonchev–Trinajstić information content (AvgIpc) is 2.89. The van der Waals surface area contributed by atoms with Gasteiger partial charge in [-0.3, -0.25) is 9.59 Å². The smallest absolute Gasteiger partial charge is 0.194 e. The van der Waals surface area contributed by atoms with Gasteiger partial charge >= 0.3 is 0 Å². The highest BCUT2D eigenvalue weighted by Gasteiger charge is 2.26. The zero-order chi connectivity index (χ0) is 24.9. The summed E-state index contributed by atoms with van der Waals surface area (Å²) in [5.74, 6) is -0.0610. The first-order valence-electron chi connectivity index (χ1n) is 12.1. The van der Waals surface area contributed by atoms with E-state index in [1.165, 1.54) is 0 Å². The van der Waals surface area contributed by atoms with Crippen LogP contribution >= 0.6 is 0 Å². The second-order valence-corrected chi connectivity index (χ2v) is 8.85. The van der Waals surface area contributed by atoms with E-state index in [1.54, 1.807) is 0 Å². The minimum atomic E-state index is -0.0569. The molecule has 0 atom stereocenters. The molecule has 0 radical (unpaired) electrons. The highest BCUT2D eigenvalue weighted by molar-refractivity contribution is 6.23. The van der Waals surface area contributed by atoms with Crippen LogP contribution in [0.2, 0.25) is 0 Å². The molecule has 174 valence electrons. The molecule has 0 bridgehead atoms. The van der Waals surface area contributed by atoms with Gasteiger partial charge in [0, 0.05) is 22.3 Å². The standard InChI is InChI=1S/C34H26O2/c1-24-19-21-30-29(31(24)33(35)25-15-11-7-3-2-4-8-12-16-25)22-20-27-23-26-17-13-9-5-6-10-14-18-28(26)34(36)32(27)30/h2-22H,23H2,1H3. The molecule has 0 heterocycles. The normalized spacial score (nSPS) is 11.5. The Balaban J connectivity index is 1.71. The quantitative estimate of drug-likeness (QED) is 0.249. The zero-order valence-corrected chi connectivity index (χ0v) is 20.1. The van der Waals surface area contributed by atoms with Crippen molar-refractivity contribution in [2.24, 2.45) is 0 Å². The van der Waals surface area contributed by atoms with Gasteiger partial charge in [-0.25, -0.2) is 0 Å². The van der Waals surface area contributed by atoms with Crippen LogP contribution in [0.25, 0.3) is 10.8 Å². The Morgan fingerprint density at radius 2 is 1.14 bits per heavy atom. The molecule has 4 aromatic carbocycles. The molecule has 36 heavy (non-hydrogen) atoms. The van der Waals surface area contributed by atoms with Crippen molar-refractivity contribution < 1.29 is 9.59 Å². The average molecular weight is 467 g/mol. The van der Waals surface area contributed by atoms with Gasteiger partial charge in [0.25, 0.3) is 0 Å². The molecule has 5 rings (SSSR count). The van der Waals surface area contributed by atoms with Crippen molar-refractivity contribution in [3.8, 4) is 0 Å². The van der Waals surface area contributed by atoms with E-state index >= 15 is 0 Å². The SMILES string of the molecule is Cc1ccc2c3c(ccc2c1C(=O)c1ccccccccc1)Cc1ccccccccc1C3=O. The van der Waals surface area contributed by atoms with Gasteiger partial charge in [-0.15, -0.1) is 0 Å². The third-order valence-electron chi connectivity index (χ3n) is 6.52. The Labute approximate surface area is 211 Å². The maximum atomic E-state index is 13.8. The van der Waals surface area contributed by atoms with Crippen LogP contribution in [0.4, 0.5) is 0 Å². The van der Waals surface area contributed by atoms with E-state index in [1.807, 2.05) is 134 Å². The monoisotopic (exact) mass is 466 g/mol. The van der Waals surface area contributed by atoms with E-state index < -0.39 is 0 Å². The largest absolute Gasteiger partial charge is 0.289 e. The summed E-state index contributed by atoms with van der Waals surface area (Å²) in [7, 11) is 0. The number of hydrogen-bond donors (Lipinski definition) is 0. The van der Waals surface area contributed by atoms with Crippen LogP contribution in [0, 0.1) is 6.92 Å². The number of fused-ring (bicyclic) bond motifs is 4. The van der Waals surface area contributed by atoms with E-state index in [-0.39, 0.29) is 11.6 Å². The van der Waals surface area contributed by atoms with Gasteiger partial charge in [-0.1, -0.05) is 127 Å². The van der Waals surface area contributed by atoms with Crippen LogP contribution in [0.3, 0.4) is 0 Å². The van der Waals surface area contributed by atoms with Crippen molar-refractivity contribution in [1.29, 1.82) is 0 Å².